The highest BCUT2D eigenvalue weighted by molar-refractivity contribution is 7.93. The Morgan fingerprint density at radius 1 is 1.05 bits per heavy atom. The van der Waals surface area contributed by atoms with Crippen LogP contribution < -0.4 is 19.1 Å². The minimum absolute atomic E-state index is 0.0429. The van der Waals surface area contributed by atoms with Crippen molar-refractivity contribution in [2.75, 3.05) is 36.9 Å². The van der Waals surface area contributed by atoms with Crippen molar-refractivity contribution in [2.24, 2.45) is 0 Å². The molecule has 0 radical (unpaired) electrons. The van der Waals surface area contributed by atoms with E-state index in [0.717, 1.165) is 18.0 Å². The van der Waals surface area contributed by atoms with Crippen LogP contribution in [0.1, 0.15) is 12.0 Å². The molecule has 1 aromatic carbocycles. The Bertz CT molecular complexity index is 1590. The van der Waals surface area contributed by atoms with Crippen LogP contribution in [0.5, 0.6) is 11.5 Å². The summed E-state index contributed by atoms with van der Waals surface area (Å²) in [5.74, 6) is 0.420. The molecule has 1 saturated heterocycles. The fourth-order valence-corrected chi connectivity index (χ4v) is 5.98. The number of sulfonamides is 1. The Balaban J connectivity index is 1.57. The highest BCUT2D eigenvalue weighted by Gasteiger charge is 2.37. The number of aliphatic hydroxyl groups is 1. The number of ether oxygens (including phenoxy) is 2. The molecule has 15 heteroatoms. The van der Waals surface area contributed by atoms with Gasteiger partial charge in [0, 0.05) is 31.0 Å². The molecular weight excluding hydrogens is 543 g/mol. The molecule has 0 saturated carbocycles. The van der Waals surface area contributed by atoms with Gasteiger partial charge in [-0.05, 0) is 37.1 Å². The van der Waals surface area contributed by atoms with Crippen molar-refractivity contribution in [1.29, 1.82) is 0 Å². The van der Waals surface area contributed by atoms with Crippen molar-refractivity contribution in [3.63, 3.8) is 0 Å². The summed E-state index contributed by atoms with van der Waals surface area (Å²) in [5, 5.41) is 17.9. The molecule has 1 fully saturated rings. The first kappa shape index (κ1) is 27.2. The molecule has 4 heterocycles. The standard InChI is InChI=1S/C25H27FN8O5S/c1-15-7-16(10-27-9-15)23-30-31-25(34(23)22-20(38-2)5-4-6-21(22)39-3)32-40(36,37)19-8-18(35)13-33(14-19)24-28-11-17(26)12-29-24/h4-7,9-12,18-19,35H,8,13-14H2,1-3H3,(H,31,32)/t18-,19+/m0/s1. The highest BCUT2D eigenvalue weighted by atomic mass is 32.2. The maximum absolute atomic E-state index is 13.7. The highest BCUT2D eigenvalue weighted by Crippen LogP contribution is 2.38. The smallest absolute Gasteiger partial charge is 0.243 e. The van der Waals surface area contributed by atoms with Crippen LogP contribution in [0.2, 0.25) is 0 Å². The summed E-state index contributed by atoms with van der Waals surface area (Å²) in [6.45, 7) is 1.92. The van der Waals surface area contributed by atoms with Crippen LogP contribution in [0.15, 0.2) is 49.1 Å². The number of methoxy groups -OCH3 is 2. The van der Waals surface area contributed by atoms with Crippen LogP contribution in [0.4, 0.5) is 16.3 Å². The molecule has 4 aromatic rings. The van der Waals surface area contributed by atoms with Crippen molar-refractivity contribution in [2.45, 2.75) is 24.7 Å². The van der Waals surface area contributed by atoms with Gasteiger partial charge in [0.15, 0.2) is 11.6 Å². The van der Waals surface area contributed by atoms with Gasteiger partial charge in [-0.2, -0.15) is 0 Å². The first-order valence-corrected chi connectivity index (χ1v) is 13.8. The monoisotopic (exact) mass is 570 g/mol. The van der Waals surface area contributed by atoms with E-state index in [2.05, 4.69) is 29.9 Å². The third kappa shape index (κ3) is 5.37. The molecule has 0 bridgehead atoms. The van der Waals surface area contributed by atoms with E-state index in [4.69, 9.17) is 9.47 Å². The normalized spacial score (nSPS) is 17.5. The molecule has 5 rings (SSSR count). The van der Waals surface area contributed by atoms with Crippen molar-refractivity contribution < 1.29 is 27.4 Å². The number of hydrogen-bond acceptors (Lipinski definition) is 11. The number of rotatable bonds is 8. The van der Waals surface area contributed by atoms with E-state index >= 15 is 0 Å². The predicted molar refractivity (Wildman–Crippen MR) is 144 cm³/mol. The summed E-state index contributed by atoms with van der Waals surface area (Å²) in [6, 6.07) is 6.98. The summed E-state index contributed by atoms with van der Waals surface area (Å²) < 4.78 is 56.0. The van der Waals surface area contributed by atoms with Gasteiger partial charge in [-0.25, -0.2) is 22.8 Å². The first-order chi connectivity index (χ1) is 19.2. The van der Waals surface area contributed by atoms with Crippen LogP contribution in [-0.4, -0.2) is 81.9 Å². The van der Waals surface area contributed by atoms with E-state index in [0.29, 0.717) is 28.6 Å². The zero-order valence-electron chi connectivity index (χ0n) is 21.9. The molecule has 1 aliphatic rings. The van der Waals surface area contributed by atoms with Gasteiger partial charge in [0.25, 0.3) is 0 Å². The zero-order valence-corrected chi connectivity index (χ0v) is 22.7. The minimum Gasteiger partial charge on any atom is -0.494 e. The number of pyridine rings is 1. The molecule has 2 atom stereocenters. The van der Waals surface area contributed by atoms with E-state index in [1.807, 2.05) is 13.0 Å². The van der Waals surface area contributed by atoms with Crippen molar-refractivity contribution in [3.05, 3.63) is 60.4 Å². The van der Waals surface area contributed by atoms with Crippen molar-refractivity contribution in [3.8, 4) is 28.6 Å². The molecule has 0 aliphatic carbocycles. The summed E-state index contributed by atoms with van der Waals surface area (Å²) in [5.41, 5.74) is 1.82. The molecule has 3 aromatic heterocycles. The number of nitrogens with one attached hydrogen (secondary N) is 1. The maximum Gasteiger partial charge on any atom is 0.243 e. The number of piperidine rings is 1. The average Bonchev–Trinajstić information content (AvgIpc) is 3.34. The second-order valence-electron chi connectivity index (χ2n) is 9.21. The Morgan fingerprint density at radius 3 is 2.40 bits per heavy atom. The number of nitrogens with zero attached hydrogens (tertiary/aromatic N) is 7. The number of aromatic nitrogens is 6. The molecule has 0 unspecified atom stereocenters. The third-order valence-corrected chi connectivity index (χ3v) is 8.06. The van der Waals surface area contributed by atoms with Crippen LogP contribution >= 0.6 is 0 Å². The van der Waals surface area contributed by atoms with Crippen LogP contribution in [0.25, 0.3) is 17.1 Å². The Kier molecular flexibility index (Phi) is 7.49. The van der Waals surface area contributed by atoms with Gasteiger partial charge in [-0.3, -0.25) is 14.3 Å². The lowest BCUT2D eigenvalue weighted by molar-refractivity contribution is 0.154. The first-order valence-electron chi connectivity index (χ1n) is 12.2. The molecule has 210 valence electrons. The van der Waals surface area contributed by atoms with Crippen LogP contribution in [-0.2, 0) is 10.0 Å². The number of anilines is 2. The second kappa shape index (κ2) is 11.0. The lowest BCUT2D eigenvalue weighted by Crippen LogP contribution is -2.50. The number of halogens is 1. The van der Waals surface area contributed by atoms with E-state index < -0.39 is 27.2 Å². The topological polar surface area (TPSA) is 157 Å². The second-order valence-corrected chi connectivity index (χ2v) is 11.2. The van der Waals surface area contributed by atoms with E-state index in [-0.39, 0.29) is 31.4 Å². The predicted octanol–water partition coefficient (Wildman–Crippen LogP) is 1.97. The van der Waals surface area contributed by atoms with Gasteiger partial charge in [-0.15, -0.1) is 10.2 Å². The molecule has 13 nitrogen and oxygen atoms in total. The molecule has 0 spiro atoms. The summed E-state index contributed by atoms with van der Waals surface area (Å²) in [6.07, 6.45) is 4.19. The summed E-state index contributed by atoms with van der Waals surface area (Å²) >= 11 is 0. The van der Waals surface area contributed by atoms with Crippen LogP contribution in [0, 0.1) is 12.7 Å². The molecule has 1 aliphatic heterocycles. The number of aryl methyl sites for hydroxylation is 1. The lowest BCUT2D eigenvalue weighted by Gasteiger charge is -2.35. The minimum atomic E-state index is -4.17. The van der Waals surface area contributed by atoms with E-state index in [1.165, 1.54) is 23.7 Å². The van der Waals surface area contributed by atoms with Gasteiger partial charge in [0.2, 0.25) is 21.9 Å². The van der Waals surface area contributed by atoms with E-state index in [1.54, 1.807) is 30.6 Å². The molecular formula is C25H27FN8O5S. The van der Waals surface area contributed by atoms with E-state index in [9.17, 15) is 17.9 Å². The number of para-hydroxylation sites is 1. The Hall–Kier alpha value is -4.37. The fourth-order valence-electron chi connectivity index (χ4n) is 4.57. The van der Waals surface area contributed by atoms with Gasteiger partial charge in [0.1, 0.15) is 22.4 Å². The number of aliphatic hydroxyl groups excluding tert-OH is 1. The fraction of sp³-hybridized carbons (Fsp3) is 0.320. The van der Waals surface area contributed by atoms with Crippen molar-refractivity contribution >= 4 is 21.9 Å². The van der Waals surface area contributed by atoms with Gasteiger partial charge >= 0.3 is 0 Å². The Labute approximate surface area is 229 Å². The average molecular weight is 571 g/mol. The van der Waals surface area contributed by atoms with Crippen LogP contribution in [0.3, 0.4) is 0 Å². The van der Waals surface area contributed by atoms with Gasteiger partial charge in [-0.1, -0.05) is 6.07 Å². The molecule has 40 heavy (non-hydrogen) atoms. The largest absolute Gasteiger partial charge is 0.494 e. The summed E-state index contributed by atoms with van der Waals surface area (Å²) in [4.78, 5) is 13.6. The quantitative estimate of drug-likeness (QED) is 0.319. The number of β-amino-alcohol motifs (C(OH)–C–C–N with tert-alkyl or cyclic N) is 1. The van der Waals surface area contributed by atoms with Crippen molar-refractivity contribution in [1.82, 2.24) is 29.7 Å². The summed E-state index contributed by atoms with van der Waals surface area (Å²) in [7, 11) is -1.20. The van der Waals surface area contributed by atoms with Gasteiger partial charge < -0.3 is 19.5 Å². The third-order valence-electron chi connectivity index (χ3n) is 6.37. The zero-order chi connectivity index (χ0) is 28.4. The number of benzene rings is 1. The number of hydrogen-bond donors (Lipinski definition) is 2. The lowest BCUT2D eigenvalue weighted by atomic mass is 10.1. The maximum atomic E-state index is 13.7. The SMILES string of the molecule is COc1cccc(OC)c1-n1c(NS(=O)(=O)[C@@H]2C[C@H](O)CN(c3ncc(F)cn3)C2)nnc1-c1cncc(C)c1. The van der Waals surface area contributed by atoms with Gasteiger partial charge in [0.05, 0.1) is 32.7 Å². The molecule has 0 amide bonds. The molecule has 2 N–H and O–H groups in total. The Morgan fingerprint density at radius 2 is 1.75 bits per heavy atom.